The van der Waals surface area contributed by atoms with Gasteiger partial charge in [-0.3, -0.25) is 4.79 Å². The molecule has 0 unspecified atom stereocenters. The highest BCUT2D eigenvalue weighted by Gasteiger charge is 2.17. The Kier molecular flexibility index (Phi) is 3.07. The monoisotopic (exact) mass is 221 g/mol. The summed E-state index contributed by atoms with van der Waals surface area (Å²) in [4.78, 5) is 13.1. The maximum absolute atomic E-state index is 11.3. The molecule has 1 aromatic carbocycles. The van der Waals surface area contributed by atoms with Crippen molar-refractivity contribution in [3.8, 4) is 0 Å². The van der Waals surface area contributed by atoms with Gasteiger partial charge in [-0.25, -0.2) is 0 Å². The Balaban J connectivity index is 2.11. The molecule has 0 aliphatic carbocycles. The van der Waals surface area contributed by atoms with E-state index >= 15 is 0 Å². The van der Waals surface area contributed by atoms with Crippen molar-refractivity contribution < 1.29 is 4.79 Å². The molecule has 1 heterocycles. The molecule has 3 heteroatoms. The van der Waals surface area contributed by atoms with Crippen molar-refractivity contribution in [3.05, 3.63) is 41.1 Å². The van der Waals surface area contributed by atoms with Crippen molar-refractivity contribution in [2.45, 2.75) is 12.8 Å². The fourth-order valence-corrected chi connectivity index (χ4v) is 1.81. The van der Waals surface area contributed by atoms with E-state index in [-0.39, 0.29) is 5.91 Å². The van der Waals surface area contributed by atoms with E-state index in [1.54, 1.807) is 4.90 Å². The summed E-state index contributed by atoms with van der Waals surface area (Å²) in [5.74, 6) is 0.193. The molecular formula is C12H12ClNO. The van der Waals surface area contributed by atoms with E-state index < -0.39 is 0 Å². The first-order chi connectivity index (χ1) is 7.27. The van der Waals surface area contributed by atoms with Crippen LogP contribution in [-0.2, 0) is 4.79 Å². The molecule has 0 atom stereocenters. The summed E-state index contributed by atoms with van der Waals surface area (Å²) in [5.41, 5.74) is 0.943. The van der Waals surface area contributed by atoms with Crippen LogP contribution in [-0.4, -0.2) is 17.4 Å². The van der Waals surface area contributed by atoms with Crippen LogP contribution in [0.25, 0.3) is 6.08 Å². The molecule has 1 fully saturated rings. The minimum atomic E-state index is 0.193. The van der Waals surface area contributed by atoms with Crippen molar-refractivity contribution in [2.24, 2.45) is 0 Å². The van der Waals surface area contributed by atoms with Gasteiger partial charge < -0.3 is 4.90 Å². The smallest absolute Gasteiger partial charge is 0.226 e. The van der Waals surface area contributed by atoms with E-state index in [9.17, 15) is 4.79 Å². The molecule has 0 spiro atoms. The van der Waals surface area contributed by atoms with Crippen molar-refractivity contribution in [3.63, 3.8) is 0 Å². The molecule has 0 radical (unpaired) electrons. The summed E-state index contributed by atoms with van der Waals surface area (Å²) >= 11 is 5.99. The van der Waals surface area contributed by atoms with E-state index in [1.807, 2.05) is 36.5 Å². The van der Waals surface area contributed by atoms with Crippen LogP contribution in [0, 0.1) is 0 Å². The van der Waals surface area contributed by atoms with Crippen LogP contribution in [0.5, 0.6) is 0 Å². The highest BCUT2D eigenvalue weighted by atomic mass is 35.5. The molecule has 1 saturated heterocycles. The third kappa shape index (κ3) is 2.39. The Morgan fingerprint density at radius 1 is 1.33 bits per heavy atom. The Labute approximate surface area is 94.2 Å². The SMILES string of the molecule is O=C1CCCN1/C=C/c1ccccc1Cl. The van der Waals surface area contributed by atoms with Gasteiger partial charge in [0.25, 0.3) is 0 Å². The summed E-state index contributed by atoms with van der Waals surface area (Å²) in [6.07, 6.45) is 5.31. The van der Waals surface area contributed by atoms with Crippen molar-refractivity contribution in [1.29, 1.82) is 0 Å². The molecule has 1 amide bonds. The van der Waals surface area contributed by atoms with Crippen LogP contribution in [0.4, 0.5) is 0 Å². The van der Waals surface area contributed by atoms with Crippen LogP contribution in [0.3, 0.4) is 0 Å². The number of carbonyl (C=O) groups is 1. The number of halogens is 1. The van der Waals surface area contributed by atoms with Gasteiger partial charge in [-0.15, -0.1) is 0 Å². The largest absolute Gasteiger partial charge is 0.319 e. The number of likely N-dealkylation sites (tertiary alicyclic amines) is 1. The zero-order valence-electron chi connectivity index (χ0n) is 8.32. The quantitative estimate of drug-likeness (QED) is 0.752. The average molecular weight is 222 g/mol. The molecule has 1 aliphatic rings. The standard InChI is InChI=1S/C12H12ClNO/c13-11-5-2-1-4-10(11)7-9-14-8-3-6-12(14)15/h1-2,4-5,7,9H,3,6,8H2/b9-7+. The summed E-state index contributed by atoms with van der Waals surface area (Å²) in [6, 6.07) is 7.59. The van der Waals surface area contributed by atoms with Crippen LogP contribution in [0.1, 0.15) is 18.4 Å². The van der Waals surface area contributed by atoms with E-state index in [1.165, 1.54) is 0 Å². The predicted molar refractivity (Wildman–Crippen MR) is 61.4 cm³/mol. The van der Waals surface area contributed by atoms with Gasteiger partial charge in [0.15, 0.2) is 0 Å². The van der Waals surface area contributed by atoms with Gasteiger partial charge >= 0.3 is 0 Å². The lowest BCUT2D eigenvalue weighted by molar-refractivity contribution is -0.125. The molecule has 0 aromatic heterocycles. The summed E-state index contributed by atoms with van der Waals surface area (Å²) < 4.78 is 0. The van der Waals surface area contributed by atoms with Crippen molar-refractivity contribution in [1.82, 2.24) is 4.90 Å². The Morgan fingerprint density at radius 3 is 2.80 bits per heavy atom. The van der Waals surface area contributed by atoms with E-state index in [0.29, 0.717) is 11.4 Å². The first-order valence-corrected chi connectivity index (χ1v) is 5.37. The third-order valence-electron chi connectivity index (χ3n) is 2.45. The number of nitrogens with zero attached hydrogens (tertiary/aromatic N) is 1. The van der Waals surface area contributed by atoms with E-state index in [2.05, 4.69) is 0 Å². The lowest BCUT2D eigenvalue weighted by Crippen LogP contribution is -2.16. The molecule has 0 N–H and O–H groups in total. The highest BCUT2D eigenvalue weighted by Crippen LogP contribution is 2.18. The van der Waals surface area contributed by atoms with Crippen LogP contribution in [0.15, 0.2) is 30.5 Å². The fraction of sp³-hybridized carbons (Fsp3) is 0.250. The number of rotatable bonds is 2. The van der Waals surface area contributed by atoms with Gasteiger partial charge in [-0.05, 0) is 24.1 Å². The zero-order chi connectivity index (χ0) is 10.7. The minimum absolute atomic E-state index is 0.193. The van der Waals surface area contributed by atoms with Gasteiger partial charge in [-0.1, -0.05) is 29.8 Å². The fourth-order valence-electron chi connectivity index (χ4n) is 1.61. The molecule has 1 aliphatic heterocycles. The van der Waals surface area contributed by atoms with Gasteiger partial charge in [0.1, 0.15) is 0 Å². The number of carbonyl (C=O) groups excluding carboxylic acids is 1. The maximum atomic E-state index is 11.3. The van der Waals surface area contributed by atoms with E-state index in [4.69, 9.17) is 11.6 Å². The zero-order valence-corrected chi connectivity index (χ0v) is 9.07. The van der Waals surface area contributed by atoms with E-state index in [0.717, 1.165) is 18.5 Å². The Hall–Kier alpha value is -1.28. The number of hydrogen-bond donors (Lipinski definition) is 0. The molecule has 0 saturated carbocycles. The maximum Gasteiger partial charge on any atom is 0.226 e. The van der Waals surface area contributed by atoms with Crippen molar-refractivity contribution in [2.75, 3.05) is 6.54 Å². The third-order valence-corrected chi connectivity index (χ3v) is 2.79. The second-order valence-corrected chi connectivity index (χ2v) is 3.94. The predicted octanol–water partition coefficient (Wildman–Crippen LogP) is 2.93. The topological polar surface area (TPSA) is 20.3 Å². The molecule has 1 aromatic rings. The van der Waals surface area contributed by atoms with Crippen LogP contribution < -0.4 is 0 Å². The highest BCUT2D eigenvalue weighted by molar-refractivity contribution is 6.32. The summed E-state index contributed by atoms with van der Waals surface area (Å²) in [7, 11) is 0. The van der Waals surface area contributed by atoms with Gasteiger partial charge in [-0.2, -0.15) is 0 Å². The molecule has 2 rings (SSSR count). The Bertz CT molecular complexity index is 400. The second-order valence-electron chi connectivity index (χ2n) is 3.53. The summed E-state index contributed by atoms with van der Waals surface area (Å²) in [6.45, 7) is 0.819. The molecule has 0 bridgehead atoms. The molecular weight excluding hydrogens is 210 g/mol. The lowest BCUT2D eigenvalue weighted by atomic mass is 10.2. The second kappa shape index (κ2) is 4.49. The average Bonchev–Trinajstić information content (AvgIpc) is 2.63. The first kappa shape index (κ1) is 10.2. The minimum Gasteiger partial charge on any atom is -0.319 e. The molecule has 78 valence electrons. The number of hydrogen-bond acceptors (Lipinski definition) is 1. The normalized spacial score (nSPS) is 16.6. The van der Waals surface area contributed by atoms with Gasteiger partial charge in [0.05, 0.1) is 0 Å². The first-order valence-electron chi connectivity index (χ1n) is 4.99. The Morgan fingerprint density at radius 2 is 2.13 bits per heavy atom. The number of amides is 1. The van der Waals surface area contributed by atoms with Gasteiger partial charge in [0.2, 0.25) is 5.91 Å². The van der Waals surface area contributed by atoms with Crippen LogP contribution in [0.2, 0.25) is 5.02 Å². The van der Waals surface area contributed by atoms with Crippen LogP contribution >= 0.6 is 11.6 Å². The molecule has 2 nitrogen and oxygen atoms in total. The molecule has 15 heavy (non-hydrogen) atoms. The number of benzene rings is 1. The van der Waals surface area contributed by atoms with Gasteiger partial charge in [0, 0.05) is 24.2 Å². The lowest BCUT2D eigenvalue weighted by Gasteiger charge is -2.08. The van der Waals surface area contributed by atoms with Crippen molar-refractivity contribution >= 4 is 23.6 Å². The summed E-state index contributed by atoms with van der Waals surface area (Å²) in [5, 5.41) is 0.709.